The standard InChI is InChI=1S/C13H18FN3O/c14-12-4-1-5-15-13(12)16-7-11-8-17-6-2-3-10(17)9-18-11/h1,4-5,10-11H,2-3,6-9H2,(H,15,16). The Hall–Kier alpha value is -1.20. The lowest BCUT2D eigenvalue weighted by molar-refractivity contribution is -0.0416. The highest BCUT2D eigenvalue weighted by Crippen LogP contribution is 2.22. The first-order chi connectivity index (χ1) is 8.83. The number of anilines is 1. The second-order valence-electron chi connectivity index (χ2n) is 4.96. The van der Waals surface area contributed by atoms with E-state index in [0.29, 0.717) is 18.4 Å². The van der Waals surface area contributed by atoms with Crippen molar-refractivity contribution < 1.29 is 9.13 Å². The molecule has 0 aromatic carbocycles. The lowest BCUT2D eigenvalue weighted by atomic mass is 10.2. The third-order valence-electron chi connectivity index (χ3n) is 3.72. The molecule has 2 aliphatic heterocycles. The predicted molar refractivity (Wildman–Crippen MR) is 67.0 cm³/mol. The van der Waals surface area contributed by atoms with Gasteiger partial charge in [-0.1, -0.05) is 0 Å². The molecule has 98 valence electrons. The molecule has 2 saturated heterocycles. The minimum absolute atomic E-state index is 0.126. The number of hydrogen-bond donors (Lipinski definition) is 1. The second kappa shape index (κ2) is 5.20. The Morgan fingerprint density at radius 2 is 2.50 bits per heavy atom. The fraction of sp³-hybridized carbons (Fsp3) is 0.615. The summed E-state index contributed by atoms with van der Waals surface area (Å²) >= 11 is 0. The van der Waals surface area contributed by atoms with E-state index >= 15 is 0 Å². The van der Waals surface area contributed by atoms with E-state index in [2.05, 4.69) is 15.2 Å². The van der Waals surface area contributed by atoms with Crippen LogP contribution in [0.5, 0.6) is 0 Å². The van der Waals surface area contributed by atoms with E-state index in [9.17, 15) is 4.39 Å². The molecule has 2 unspecified atom stereocenters. The van der Waals surface area contributed by atoms with E-state index < -0.39 is 0 Å². The highest BCUT2D eigenvalue weighted by molar-refractivity contribution is 5.35. The molecule has 18 heavy (non-hydrogen) atoms. The smallest absolute Gasteiger partial charge is 0.165 e. The Balaban J connectivity index is 1.53. The third-order valence-corrected chi connectivity index (χ3v) is 3.72. The third kappa shape index (κ3) is 2.47. The van der Waals surface area contributed by atoms with Crippen molar-refractivity contribution in [2.75, 3.05) is 31.6 Å². The number of pyridine rings is 1. The average molecular weight is 251 g/mol. The highest BCUT2D eigenvalue weighted by atomic mass is 19.1. The molecule has 0 spiro atoms. The van der Waals surface area contributed by atoms with E-state index in [1.165, 1.54) is 25.5 Å². The largest absolute Gasteiger partial charge is 0.373 e. The molecule has 3 rings (SSSR count). The van der Waals surface area contributed by atoms with Crippen LogP contribution in [0.3, 0.4) is 0 Å². The molecule has 1 aromatic rings. The van der Waals surface area contributed by atoms with Gasteiger partial charge >= 0.3 is 0 Å². The molecule has 1 N–H and O–H groups in total. The van der Waals surface area contributed by atoms with Crippen LogP contribution >= 0.6 is 0 Å². The van der Waals surface area contributed by atoms with Gasteiger partial charge in [0.05, 0.1) is 12.7 Å². The first-order valence-electron chi connectivity index (χ1n) is 6.53. The SMILES string of the molecule is Fc1cccnc1NCC1CN2CCCC2CO1. The average Bonchev–Trinajstić information content (AvgIpc) is 2.85. The van der Waals surface area contributed by atoms with Crippen LogP contribution in [0.1, 0.15) is 12.8 Å². The Morgan fingerprint density at radius 3 is 3.39 bits per heavy atom. The molecule has 0 aliphatic carbocycles. The van der Waals surface area contributed by atoms with Gasteiger partial charge in [0, 0.05) is 25.3 Å². The van der Waals surface area contributed by atoms with Gasteiger partial charge in [-0.2, -0.15) is 0 Å². The summed E-state index contributed by atoms with van der Waals surface area (Å²) < 4.78 is 19.2. The van der Waals surface area contributed by atoms with Crippen LogP contribution in [0.2, 0.25) is 0 Å². The molecule has 0 saturated carbocycles. The zero-order chi connectivity index (χ0) is 12.4. The summed E-state index contributed by atoms with van der Waals surface area (Å²) in [5, 5.41) is 3.02. The lowest BCUT2D eigenvalue weighted by Gasteiger charge is -2.35. The maximum atomic E-state index is 13.4. The van der Waals surface area contributed by atoms with E-state index in [1.54, 1.807) is 12.3 Å². The van der Waals surface area contributed by atoms with Crippen molar-refractivity contribution in [3.8, 4) is 0 Å². The van der Waals surface area contributed by atoms with Crippen molar-refractivity contribution in [1.82, 2.24) is 9.88 Å². The maximum Gasteiger partial charge on any atom is 0.165 e. The van der Waals surface area contributed by atoms with Gasteiger partial charge in [-0.05, 0) is 31.5 Å². The summed E-state index contributed by atoms with van der Waals surface area (Å²) in [6, 6.07) is 3.60. The molecular weight excluding hydrogens is 233 g/mol. The normalized spacial score (nSPS) is 28.1. The monoisotopic (exact) mass is 251 g/mol. The van der Waals surface area contributed by atoms with E-state index in [-0.39, 0.29) is 11.9 Å². The second-order valence-corrected chi connectivity index (χ2v) is 4.96. The van der Waals surface area contributed by atoms with Gasteiger partial charge < -0.3 is 10.1 Å². The van der Waals surface area contributed by atoms with Crippen LogP contribution in [-0.2, 0) is 4.74 Å². The molecule has 3 heterocycles. The summed E-state index contributed by atoms with van der Waals surface area (Å²) in [4.78, 5) is 6.45. The van der Waals surface area contributed by atoms with Crippen molar-refractivity contribution in [2.24, 2.45) is 0 Å². The minimum Gasteiger partial charge on any atom is -0.373 e. The number of rotatable bonds is 3. The number of nitrogens with zero attached hydrogens (tertiary/aromatic N) is 2. The molecule has 2 atom stereocenters. The summed E-state index contributed by atoms with van der Waals surface area (Å²) in [6.45, 7) is 3.52. The number of nitrogens with one attached hydrogen (secondary N) is 1. The van der Waals surface area contributed by atoms with E-state index in [4.69, 9.17) is 4.74 Å². The molecule has 0 radical (unpaired) electrons. The van der Waals surface area contributed by atoms with Gasteiger partial charge in [0.1, 0.15) is 0 Å². The predicted octanol–water partition coefficient (Wildman–Crippen LogP) is 1.50. The first kappa shape index (κ1) is 11.9. The van der Waals surface area contributed by atoms with Crippen molar-refractivity contribution in [1.29, 1.82) is 0 Å². The zero-order valence-electron chi connectivity index (χ0n) is 10.3. The minimum atomic E-state index is -0.313. The fourth-order valence-electron chi connectivity index (χ4n) is 2.74. The molecule has 0 bridgehead atoms. The Bertz CT molecular complexity index is 415. The van der Waals surface area contributed by atoms with Crippen LogP contribution in [0.4, 0.5) is 10.2 Å². The van der Waals surface area contributed by atoms with Crippen LogP contribution in [-0.4, -0.2) is 48.3 Å². The fourth-order valence-corrected chi connectivity index (χ4v) is 2.74. The molecular formula is C13H18FN3O. The van der Waals surface area contributed by atoms with Crippen molar-refractivity contribution >= 4 is 5.82 Å². The van der Waals surface area contributed by atoms with Gasteiger partial charge in [0.15, 0.2) is 11.6 Å². The molecule has 4 nitrogen and oxygen atoms in total. The van der Waals surface area contributed by atoms with Crippen molar-refractivity contribution in [3.05, 3.63) is 24.1 Å². The summed E-state index contributed by atoms with van der Waals surface area (Å²) in [5.74, 6) is -0.00277. The number of hydrogen-bond acceptors (Lipinski definition) is 4. The number of aromatic nitrogens is 1. The first-order valence-corrected chi connectivity index (χ1v) is 6.53. The Morgan fingerprint density at radius 1 is 1.56 bits per heavy atom. The van der Waals surface area contributed by atoms with Crippen LogP contribution in [0, 0.1) is 5.82 Å². The topological polar surface area (TPSA) is 37.4 Å². The van der Waals surface area contributed by atoms with Crippen LogP contribution < -0.4 is 5.32 Å². The van der Waals surface area contributed by atoms with Crippen LogP contribution in [0.25, 0.3) is 0 Å². The number of fused-ring (bicyclic) bond motifs is 1. The summed E-state index contributed by atoms with van der Waals surface area (Å²) in [6.07, 6.45) is 4.22. The zero-order valence-corrected chi connectivity index (χ0v) is 10.3. The van der Waals surface area contributed by atoms with Crippen molar-refractivity contribution in [3.63, 3.8) is 0 Å². The molecule has 0 amide bonds. The van der Waals surface area contributed by atoms with Gasteiger partial charge in [-0.15, -0.1) is 0 Å². The van der Waals surface area contributed by atoms with Gasteiger partial charge in [0.25, 0.3) is 0 Å². The van der Waals surface area contributed by atoms with Gasteiger partial charge in [-0.3, -0.25) is 4.90 Å². The molecule has 2 fully saturated rings. The quantitative estimate of drug-likeness (QED) is 0.883. The number of morpholine rings is 1. The molecule has 1 aromatic heterocycles. The molecule has 5 heteroatoms. The molecule has 2 aliphatic rings. The van der Waals surface area contributed by atoms with Gasteiger partial charge in [-0.25, -0.2) is 9.37 Å². The maximum absolute atomic E-state index is 13.4. The summed E-state index contributed by atoms with van der Waals surface area (Å²) in [7, 11) is 0. The highest BCUT2D eigenvalue weighted by Gasteiger charge is 2.32. The summed E-state index contributed by atoms with van der Waals surface area (Å²) in [5.41, 5.74) is 0. The van der Waals surface area contributed by atoms with Crippen molar-refractivity contribution in [2.45, 2.75) is 25.0 Å². The van der Waals surface area contributed by atoms with E-state index in [0.717, 1.165) is 13.2 Å². The Labute approximate surface area is 106 Å². The number of ether oxygens (including phenoxy) is 1. The Kier molecular flexibility index (Phi) is 3.43. The van der Waals surface area contributed by atoms with Crippen LogP contribution in [0.15, 0.2) is 18.3 Å². The lowest BCUT2D eigenvalue weighted by Crippen LogP contribution is -2.48. The van der Waals surface area contributed by atoms with E-state index in [1.807, 2.05) is 0 Å². The van der Waals surface area contributed by atoms with Gasteiger partial charge in [0.2, 0.25) is 0 Å². The number of halogens is 1.